The number of hydrogen-bond donors (Lipinski definition) is 1. The number of aromatic nitrogens is 2. The van der Waals surface area contributed by atoms with Crippen LogP contribution in [0.4, 0.5) is 9.52 Å². The lowest BCUT2D eigenvalue weighted by Gasteiger charge is -1.99. The summed E-state index contributed by atoms with van der Waals surface area (Å²) in [6.07, 6.45) is 1.27. The summed E-state index contributed by atoms with van der Waals surface area (Å²) in [7, 11) is 0. The van der Waals surface area contributed by atoms with E-state index in [1.54, 1.807) is 30.3 Å². The van der Waals surface area contributed by atoms with E-state index in [0.717, 1.165) is 0 Å². The second kappa shape index (κ2) is 7.39. The Kier molecular flexibility index (Phi) is 5.27. The number of nitrogens with one attached hydrogen (secondary N) is 1. The molecule has 21 heavy (non-hydrogen) atoms. The van der Waals surface area contributed by atoms with Gasteiger partial charge in [-0.3, -0.25) is 0 Å². The summed E-state index contributed by atoms with van der Waals surface area (Å²) in [6.45, 7) is 0. The van der Waals surface area contributed by atoms with Gasteiger partial charge in [-0.2, -0.15) is 10.5 Å². The van der Waals surface area contributed by atoms with E-state index in [0.29, 0.717) is 20.8 Å². The van der Waals surface area contributed by atoms with Gasteiger partial charge in [-0.1, -0.05) is 41.3 Å². The number of nitriles is 2. The number of hydrogen-bond acceptors (Lipinski definition) is 7. The van der Waals surface area contributed by atoms with E-state index in [9.17, 15) is 4.39 Å². The molecule has 1 heterocycles. The molecule has 1 aromatic heterocycles. The zero-order chi connectivity index (χ0) is 15.1. The van der Waals surface area contributed by atoms with Crippen LogP contribution < -0.4 is 5.32 Å². The predicted molar refractivity (Wildman–Crippen MR) is 78.8 cm³/mol. The molecule has 0 saturated carbocycles. The van der Waals surface area contributed by atoms with Gasteiger partial charge >= 0.3 is 0 Å². The second-order valence-electron chi connectivity index (χ2n) is 3.68. The molecule has 0 spiro atoms. The van der Waals surface area contributed by atoms with Gasteiger partial charge in [0.15, 0.2) is 4.34 Å². The van der Waals surface area contributed by atoms with Crippen LogP contribution >= 0.6 is 23.1 Å². The Morgan fingerprint density at radius 2 is 2.10 bits per heavy atom. The molecule has 0 amide bonds. The fourth-order valence-electron chi connectivity index (χ4n) is 1.30. The molecule has 0 atom stereocenters. The molecule has 0 saturated heterocycles. The van der Waals surface area contributed by atoms with Crippen molar-refractivity contribution >= 4 is 28.2 Å². The first kappa shape index (κ1) is 15.0. The van der Waals surface area contributed by atoms with E-state index in [1.165, 1.54) is 35.4 Å². The molecule has 2 aromatic rings. The monoisotopic (exact) mass is 317 g/mol. The highest BCUT2D eigenvalue weighted by Gasteiger charge is 2.06. The fourth-order valence-corrected chi connectivity index (χ4v) is 3.01. The molecule has 0 radical (unpaired) electrons. The summed E-state index contributed by atoms with van der Waals surface area (Å²) in [5, 5.41) is 28.2. The Morgan fingerprint density at radius 1 is 1.33 bits per heavy atom. The van der Waals surface area contributed by atoms with Crippen molar-refractivity contribution < 1.29 is 4.39 Å². The molecular weight excluding hydrogens is 309 g/mol. The predicted octanol–water partition coefficient (Wildman–Crippen LogP) is 3.31. The quantitative estimate of drug-likeness (QED) is 0.672. The molecule has 2 rings (SSSR count). The number of nitrogens with zero attached hydrogens (tertiary/aromatic N) is 4. The average Bonchev–Trinajstić information content (AvgIpc) is 2.95. The fraction of sp³-hybridized carbons (Fsp3) is 0.0769. The first-order chi connectivity index (χ1) is 10.2. The maximum Gasteiger partial charge on any atom is 0.210 e. The molecule has 1 N–H and O–H groups in total. The van der Waals surface area contributed by atoms with Crippen molar-refractivity contribution in [2.24, 2.45) is 0 Å². The topological polar surface area (TPSA) is 85.4 Å². The lowest BCUT2D eigenvalue weighted by Crippen LogP contribution is -1.88. The third kappa shape index (κ3) is 4.28. The van der Waals surface area contributed by atoms with E-state index in [1.807, 2.05) is 0 Å². The van der Waals surface area contributed by atoms with Crippen molar-refractivity contribution in [3.63, 3.8) is 0 Å². The van der Waals surface area contributed by atoms with Crippen LogP contribution in [-0.2, 0) is 5.75 Å². The van der Waals surface area contributed by atoms with Gasteiger partial charge < -0.3 is 5.32 Å². The van der Waals surface area contributed by atoms with Gasteiger partial charge in [-0.05, 0) is 11.6 Å². The summed E-state index contributed by atoms with van der Waals surface area (Å²) < 4.78 is 14.1. The Morgan fingerprint density at radius 3 is 2.81 bits per heavy atom. The lowest BCUT2D eigenvalue weighted by molar-refractivity contribution is 0.617. The highest BCUT2D eigenvalue weighted by atomic mass is 32.2. The Labute approximate surface area is 128 Å². The van der Waals surface area contributed by atoms with Crippen LogP contribution in [0.3, 0.4) is 0 Å². The summed E-state index contributed by atoms with van der Waals surface area (Å²) >= 11 is 2.63. The van der Waals surface area contributed by atoms with Gasteiger partial charge in [0.05, 0.1) is 0 Å². The van der Waals surface area contributed by atoms with Crippen molar-refractivity contribution in [3.05, 3.63) is 47.4 Å². The third-order valence-corrected chi connectivity index (χ3v) is 4.33. The first-order valence-corrected chi connectivity index (χ1v) is 7.49. The van der Waals surface area contributed by atoms with E-state index in [-0.39, 0.29) is 11.4 Å². The van der Waals surface area contributed by atoms with Crippen molar-refractivity contribution in [3.8, 4) is 12.1 Å². The molecular formula is C13H8FN5S2. The van der Waals surface area contributed by atoms with Crippen molar-refractivity contribution in [2.45, 2.75) is 10.1 Å². The molecule has 0 bridgehead atoms. The molecule has 0 unspecified atom stereocenters. The third-order valence-electron chi connectivity index (χ3n) is 2.30. The van der Waals surface area contributed by atoms with E-state index in [2.05, 4.69) is 15.5 Å². The molecule has 5 nitrogen and oxygen atoms in total. The number of benzene rings is 1. The minimum Gasteiger partial charge on any atom is -0.335 e. The highest BCUT2D eigenvalue weighted by molar-refractivity contribution is 8.00. The van der Waals surface area contributed by atoms with Crippen molar-refractivity contribution in [1.29, 1.82) is 10.5 Å². The summed E-state index contributed by atoms with van der Waals surface area (Å²) in [5.41, 5.74) is 0.550. The molecule has 8 heteroatoms. The number of allylic oxidation sites excluding steroid dienone is 1. The van der Waals surface area contributed by atoms with Gasteiger partial charge in [0.25, 0.3) is 0 Å². The van der Waals surface area contributed by atoms with Crippen molar-refractivity contribution in [2.75, 3.05) is 5.32 Å². The Balaban J connectivity index is 1.95. The second-order valence-corrected chi connectivity index (χ2v) is 5.88. The minimum atomic E-state index is -0.247. The van der Waals surface area contributed by atoms with Gasteiger partial charge in [0.2, 0.25) is 5.13 Å². The smallest absolute Gasteiger partial charge is 0.210 e. The zero-order valence-electron chi connectivity index (χ0n) is 10.6. The van der Waals surface area contributed by atoms with Gasteiger partial charge in [0.1, 0.15) is 23.5 Å². The van der Waals surface area contributed by atoms with Crippen LogP contribution in [0.5, 0.6) is 0 Å². The minimum absolute atomic E-state index is 0.0502. The normalized spacial score (nSPS) is 9.48. The van der Waals surface area contributed by atoms with Gasteiger partial charge in [-0.25, -0.2) is 4.39 Å². The summed E-state index contributed by atoms with van der Waals surface area (Å²) in [4.78, 5) is 0. The highest BCUT2D eigenvalue weighted by Crippen LogP contribution is 2.28. The number of rotatable bonds is 5. The number of halogens is 1. The lowest BCUT2D eigenvalue weighted by atomic mass is 10.2. The maximum atomic E-state index is 13.5. The van der Waals surface area contributed by atoms with Crippen LogP contribution in [0.2, 0.25) is 0 Å². The van der Waals surface area contributed by atoms with Crippen LogP contribution in [0.15, 0.2) is 40.4 Å². The number of thioether (sulfide) groups is 1. The Hall–Kier alpha value is -2.42. The van der Waals surface area contributed by atoms with Crippen LogP contribution in [0, 0.1) is 28.5 Å². The van der Waals surface area contributed by atoms with E-state index >= 15 is 0 Å². The van der Waals surface area contributed by atoms with Crippen LogP contribution in [0.1, 0.15) is 5.56 Å². The Bertz CT molecular complexity index is 726. The van der Waals surface area contributed by atoms with E-state index < -0.39 is 0 Å². The number of anilines is 1. The summed E-state index contributed by atoms with van der Waals surface area (Å²) in [5.74, 6) is 0.210. The molecule has 0 aliphatic rings. The maximum absolute atomic E-state index is 13.5. The molecule has 0 aliphatic carbocycles. The SMILES string of the molecule is N#CC(C#N)=CNc1nnc(SCc2ccccc2F)s1. The largest absolute Gasteiger partial charge is 0.335 e. The van der Waals surface area contributed by atoms with Crippen LogP contribution in [0.25, 0.3) is 0 Å². The van der Waals surface area contributed by atoms with Gasteiger partial charge in [0, 0.05) is 12.0 Å². The zero-order valence-corrected chi connectivity index (χ0v) is 12.2. The first-order valence-electron chi connectivity index (χ1n) is 5.69. The van der Waals surface area contributed by atoms with E-state index in [4.69, 9.17) is 10.5 Å². The summed E-state index contributed by atoms with van der Waals surface area (Å²) in [6, 6.07) is 10.0. The molecule has 0 aliphatic heterocycles. The molecule has 104 valence electrons. The van der Waals surface area contributed by atoms with Crippen LogP contribution in [-0.4, -0.2) is 10.2 Å². The van der Waals surface area contributed by atoms with Gasteiger partial charge in [-0.15, -0.1) is 10.2 Å². The van der Waals surface area contributed by atoms with Crippen molar-refractivity contribution in [1.82, 2.24) is 10.2 Å². The standard InChI is InChI=1S/C13H8FN5S2/c14-11-4-2-1-3-10(11)8-20-13-19-18-12(21-13)17-7-9(5-15)6-16/h1-4,7H,8H2,(H,17,18). The average molecular weight is 317 g/mol. The molecule has 0 fully saturated rings. The molecule has 1 aromatic carbocycles.